The lowest BCUT2D eigenvalue weighted by Gasteiger charge is -2.25. The summed E-state index contributed by atoms with van der Waals surface area (Å²) in [5.41, 5.74) is 1.42. The van der Waals surface area contributed by atoms with Gasteiger partial charge in [-0.2, -0.15) is 0 Å². The van der Waals surface area contributed by atoms with Crippen LogP contribution in [0.5, 0.6) is 17.2 Å². The largest absolute Gasteiger partial charge is 0.507 e. The molecule has 1 N–H and O–H groups in total. The third-order valence-electron chi connectivity index (χ3n) is 5.81. The molecular weight excluding hydrogens is 446 g/mol. The van der Waals surface area contributed by atoms with E-state index in [1.165, 1.54) is 19.1 Å². The van der Waals surface area contributed by atoms with Gasteiger partial charge in [-0.1, -0.05) is 37.3 Å². The van der Waals surface area contributed by atoms with E-state index in [1.54, 1.807) is 66.7 Å². The van der Waals surface area contributed by atoms with Crippen LogP contribution in [0.4, 0.5) is 5.69 Å². The van der Waals surface area contributed by atoms with Crippen LogP contribution in [0.25, 0.3) is 5.76 Å². The lowest BCUT2D eigenvalue weighted by atomic mass is 9.94. The first-order valence-corrected chi connectivity index (χ1v) is 11.3. The molecule has 1 unspecified atom stereocenters. The van der Waals surface area contributed by atoms with Crippen LogP contribution in [-0.2, 0) is 9.59 Å². The van der Waals surface area contributed by atoms with Crippen molar-refractivity contribution < 1.29 is 28.9 Å². The van der Waals surface area contributed by atoms with E-state index >= 15 is 0 Å². The molecule has 180 valence electrons. The first-order chi connectivity index (χ1) is 17.0. The molecule has 4 rings (SSSR count). The number of amides is 1. The van der Waals surface area contributed by atoms with Gasteiger partial charge in [-0.05, 0) is 54.4 Å². The maximum absolute atomic E-state index is 13.3. The topological polar surface area (TPSA) is 85.3 Å². The SMILES string of the molecule is CCCOc1ccc(C2/C(=C(\O)c3cc(OC)ccc3OC)C(=O)C(=O)N2c2ccccc2)cc1. The minimum Gasteiger partial charge on any atom is -0.507 e. The van der Waals surface area contributed by atoms with Crippen LogP contribution in [-0.4, -0.2) is 37.6 Å². The molecule has 7 nitrogen and oxygen atoms in total. The molecule has 0 radical (unpaired) electrons. The quantitative estimate of drug-likeness (QED) is 0.278. The van der Waals surface area contributed by atoms with Crippen molar-refractivity contribution in [1.82, 2.24) is 0 Å². The highest BCUT2D eigenvalue weighted by Gasteiger charge is 2.47. The summed E-state index contributed by atoms with van der Waals surface area (Å²) in [6.07, 6.45) is 0.873. The summed E-state index contributed by atoms with van der Waals surface area (Å²) < 4.78 is 16.4. The molecule has 1 heterocycles. The molecule has 0 spiro atoms. The number of hydrogen-bond acceptors (Lipinski definition) is 6. The molecule has 3 aromatic rings. The van der Waals surface area contributed by atoms with Gasteiger partial charge in [0, 0.05) is 5.69 Å². The van der Waals surface area contributed by atoms with Crippen molar-refractivity contribution >= 4 is 23.1 Å². The standard InChI is InChI=1S/C28H27NO6/c1-4-16-35-20-12-10-18(11-13-20)25-24(26(30)22-17-21(33-2)14-15-23(22)34-3)27(31)28(32)29(25)19-8-6-5-7-9-19/h5-15,17,25,30H,4,16H2,1-3H3/b26-24+. The van der Waals surface area contributed by atoms with Gasteiger partial charge >= 0.3 is 0 Å². The van der Waals surface area contributed by atoms with Gasteiger partial charge in [0.25, 0.3) is 11.7 Å². The van der Waals surface area contributed by atoms with Gasteiger partial charge < -0.3 is 19.3 Å². The number of ketones is 1. The number of hydrogen-bond donors (Lipinski definition) is 1. The first kappa shape index (κ1) is 23.9. The van der Waals surface area contributed by atoms with E-state index in [2.05, 4.69) is 0 Å². The molecule has 0 bridgehead atoms. The summed E-state index contributed by atoms with van der Waals surface area (Å²) in [6.45, 7) is 2.60. The van der Waals surface area contributed by atoms with E-state index in [4.69, 9.17) is 14.2 Å². The Bertz CT molecular complexity index is 1250. The van der Waals surface area contributed by atoms with Crippen LogP contribution in [0.1, 0.15) is 30.5 Å². The Labute approximate surface area is 204 Å². The number of para-hydroxylation sites is 1. The Morgan fingerprint density at radius 2 is 1.60 bits per heavy atom. The number of carbonyl (C=O) groups is 2. The minimum absolute atomic E-state index is 0.0346. The monoisotopic (exact) mass is 473 g/mol. The fourth-order valence-corrected chi connectivity index (χ4v) is 4.11. The van der Waals surface area contributed by atoms with E-state index in [1.807, 2.05) is 13.0 Å². The molecule has 35 heavy (non-hydrogen) atoms. The molecule has 3 aromatic carbocycles. The van der Waals surface area contributed by atoms with Crippen molar-refractivity contribution in [1.29, 1.82) is 0 Å². The Kier molecular flexibility index (Phi) is 7.06. The summed E-state index contributed by atoms with van der Waals surface area (Å²) in [4.78, 5) is 28.0. The van der Waals surface area contributed by atoms with Crippen LogP contribution < -0.4 is 19.1 Å². The van der Waals surface area contributed by atoms with Crippen molar-refractivity contribution in [3.8, 4) is 17.2 Å². The van der Waals surface area contributed by atoms with E-state index < -0.39 is 17.7 Å². The smallest absolute Gasteiger partial charge is 0.300 e. The van der Waals surface area contributed by atoms with Gasteiger partial charge in [0.05, 0.1) is 38.0 Å². The summed E-state index contributed by atoms with van der Waals surface area (Å²) in [5.74, 6) is -0.353. The zero-order chi connectivity index (χ0) is 24.9. The van der Waals surface area contributed by atoms with Crippen molar-refractivity contribution in [3.63, 3.8) is 0 Å². The molecule has 1 aliphatic heterocycles. The van der Waals surface area contributed by atoms with E-state index in [-0.39, 0.29) is 16.9 Å². The van der Waals surface area contributed by atoms with Crippen molar-refractivity contribution in [2.75, 3.05) is 25.7 Å². The fourth-order valence-electron chi connectivity index (χ4n) is 4.11. The number of nitrogens with zero attached hydrogens (tertiary/aromatic N) is 1. The molecule has 1 atom stereocenters. The minimum atomic E-state index is -0.853. The van der Waals surface area contributed by atoms with Gasteiger partial charge in [-0.25, -0.2) is 0 Å². The number of ether oxygens (including phenoxy) is 3. The normalized spacial score (nSPS) is 16.9. The number of carbonyl (C=O) groups excluding carboxylic acids is 2. The zero-order valence-electron chi connectivity index (χ0n) is 19.9. The average Bonchev–Trinajstić information content (AvgIpc) is 3.17. The number of aliphatic hydroxyl groups excluding tert-OH is 1. The van der Waals surface area contributed by atoms with Gasteiger partial charge in [0.1, 0.15) is 23.0 Å². The molecule has 1 fully saturated rings. The number of anilines is 1. The van der Waals surface area contributed by atoms with Crippen LogP contribution in [0.15, 0.2) is 78.4 Å². The second-order valence-corrected chi connectivity index (χ2v) is 7.99. The Balaban J connectivity index is 1.91. The van der Waals surface area contributed by atoms with Crippen LogP contribution in [0.3, 0.4) is 0 Å². The van der Waals surface area contributed by atoms with Crippen molar-refractivity contribution in [3.05, 3.63) is 89.5 Å². The van der Waals surface area contributed by atoms with Crippen LogP contribution in [0, 0.1) is 0 Å². The fraction of sp³-hybridized carbons (Fsp3) is 0.214. The van der Waals surface area contributed by atoms with Gasteiger partial charge in [0.15, 0.2) is 0 Å². The van der Waals surface area contributed by atoms with Crippen LogP contribution in [0.2, 0.25) is 0 Å². The number of Topliss-reactive ketones (excluding diaryl/α,β-unsaturated/α-hetero) is 1. The predicted molar refractivity (Wildman–Crippen MR) is 133 cm³/mol. The number of benzene rings is 3. The summed E-state index contributed by atoms with van der Waals surface area (Å²) in [6, 6.07) is 20.1. The Hall–Kier alpha value is -4.26. The maximum Gasteiger partial charge on any atom is 0.300 e. The second-order valence-electron chi connectivity index (χ2n) is 7.99. The Morgan fingerprint density at radius 3 is 2.23 bits per heavy atom. The number of aliphatic hydroxyl groups is 1. The average molecular weight is 474 g/mol. The van der Waals surface area contributed by atoms with Crippen molar-refractivity contribution in [2.45, 2.75) is 19.4 Å². The molecule has 7 heteroatoms. The lowest BCUT2D eigenvalue weighted by molar-refractivity contribution is -0.132. The molecule has 1 saturated heterocycles. The Morgan fingerprint density at radius 1 is 0.914 bits per heavy atom. The van der Waals surface area contributed by atoms with E-state index in [0.29, 0.717) is 35.1 Å². The third-order valence-corrected chi connectivity index (χ3v) is 5.81. The summed E-state index contributed by atoms with van der Waals surface area (Å²) in [5, 5.41) is 11.4. The molecule has 0 aromatic heterocycles. The molecular formula is C28H27NO6. The second kappa shape index (κ2) is 10.3. The molecule has 0 saturated carbocycles. The molecule has 0 aliphatic carbocycles. The highest BCUT2D eigenvalue weighted by Crippen LogP contribution is 2.44. The highest BCUT2D eigenvalue weighted by atomic mass is 16.5. The van der Waals surface area contributed by atoms with Gasteiger partial charge in [-0.15, -0.1) is 0 Å². The third kappa shape index (κ3) is 4.57. The maximum atomic E-state index is 13.3. The van der Waals surface area contributed by atoms with E-state index in [0.717, 1.165) is 6.42 Å². The summed E-state index contributed by atoms with van der Waals surface area (Å²) in [7, 11) is 2.97. The number of methoxy groups -OCH3 is 2. The summed E-state index contributed by atoms with van der Waals surface area (Å²) >= 11 is 0. The van der Waals surface area contributed by atoms with Crippen LogP contribution >= 0.6 is 0 Å². The lowest BCUT2D eigenvalue weighted by Crippen LogP contribution is -2.29. The molecule has 1 amide bonds. The highest BCUT2D eigenvalue weighted by molar-refractivity contribution is 6.51. The molecule has 1 aliphatic rings. The van der Waals surface area contributed by atoms with E-state index in [9.17, 15) is 14.7 Å². The zero-order valence-corrected chi connectivity index (χ0v) is 19.9. The van der Waals surface area contributed by atoms with Gasteiger partial charge in [-0.3, -0.25) is 14.5 Å². The number of rotatable bonds is 8. The predicted octanol–water partition coefficient (Wildman–Crippen LogP) is 5.12. The first-order valence-electron chi connectivity index (χ1n) is 11.3. The van der Waals surface area contributed by atoms with Gasteiger partial charge in [0.2, 0.25) is 0 Å². The van der Waals surface area contributed by atoms with Crippen molar-refractivity contribution in [2.24, 2.45) is 0 Å².